The molecule has 3 unspecified atom stereocenters. The average Bonchev–Trinajstić information content (AvgIpc) is 3.25. The van der Waals surface area contributed by atoms with E-state index in [9.17, 15) is 19.4 Å². The van der Waals surface area contributed by atoms with Gasteiger partial charge in [0.2, 0.25) is 5.91 Å². The summed E-state index contributed by atoms with van der Waals surface area (Å²) in [7, 11) is 1.26. The SMILES string of the molecule is CCCCC/C=C\C/C=C\CCCCCCCC(=O)NC(COP(=O)([O-])OCC[N+](C)(C)C)C(O)/C=C/CCCCCCCCCCCCCCCCCCCCCCCCCCC. The van der Waals surface area contributed by atoms with Crippen LogP contribution in [0.5, 0.6) is 0 Å². The van der Waals surface area contributed by atoms with Crippen LogP contribution in [0.25, 0.3) is 0 Å². The molecule has 0 aliphatic heterocycles. The summed E-state index contributed by atoms with van der Waals surface area (Å²) in [5.41, 5.74) is 0. The number of hydrogen-bond donors (Lipinski definition) is 2. The van der Waals surface area contributed by atoms with Crippen molar-refractivity contribution in [2.45, 2.75) is 270 Å². The van der Waals surface area contributed by atoms with Crippen molar-refractivity contribution in [1.82, 2.24) is 5.32 Å². The quantitative estimate of drug-likeness (QED) is 0.0272. The predicted octanol–water partition coefficient (Wildman–Crippen LogP) is 15.6. The highest BCUT2D eigenvalue weighted by atomic mass is 31.2. The molecule has 378 valence electrons. The van der Waals surface area contributed by atoms with Crippen LogP contribution in [0.2, 0.25) is 0 Å². The Balaban J connectivity index is 4.19. The minimum Gasteiger partial charge on any atom is -0.756 e. The number of quaternary nitrogens is 1. The van der Waals surface area contributed by atoms with E-state index >= 15 is 0 Å². The minimum absolute atomic E-state index is 0.00377. The van der Waals surface area contributed by atoms with Gasteiger partial charge in [0.25, 0.3) is 7.82 Å². The van der Waals surface area contributed by atoms with Gasteiger partial charge in [-0.15, -0.1) is 0 Å². The first-order valence-corrected chi connectivity index (χ1v) is 28.8. The van der Waals surface area contributed by atoms with Gasteiger partial charge in [0.05, 0.1) is 39.9 Å². The second-order valence-electron chi connectivity index (χ2n) is 19.9. The molecule has 3 atom stereocenters. The molecule has 2 N–H and O–H groups in total. The van der Waals surface area contributed by atoms with Gasteiger partial charge in [0.15, 0.2) is 0 Å². The van der Waals surface area contributed by atoms with E-state index < -0.39 is 20.0 Å². The second-order valence-corrected chi connectivity index (χ2v) is 21.3. The number of amides is 1. The minimum atomic E-state index is -4.60. The molecule has 0 saturated carbocycles. The van der Waals surface area contributed by atoms with Crippen LogP contribution in [0.1, 0.15) is 258 Å². The lowest BCUT2D eigenvalue weighted by Gasteiger charge is -2.29. The Labute approximate surface area is 397 Å². The third kappa shape index (κ3) is 48.6. The average molecular weight is 923 g/mol. The van der Waals surface area contributed by atoms with Gasteiger partial charge >= 0.3 is 0 Å². The van der Waals surface area contributed by atoms with Crippen LogP contribution in [0.3, 0.4) is 0 Å². The zero-order valence-electron chi connectivity index (χ0n) is 43.0. The number of aliphatic hydroxyl groups excluding tert-OH is 1. The van der Waals surface area contributed by atoms with Crippen molar-refractivity contribution >= 4 is 13.7 Å². The van der Waals surface area contributed by atoms with Gasteiger partial charge in [-0.25, -0.2) is 0 Å². The number of carbonyl (C=O) groups excluding carboxylic acids is 1. The first kappa shape index (κ1) is 62.7. The fourth-order valence-corrected chi connectivity index (χ4v) is 8.73. The highest BCUT2D eigenvalue weighted by Gasteiger charge is 2.23. The fourth-order valence-electron chi connectivity index (χ4n) is 8.01. The van der Waals surface area contributed by atoms with Crippen molar-refractivity contribution in [3.63, 3.8) is 0 Å². The number of carbonyl (C=O) groups is 1. The fraction of sp³-hybridized carbons (Fsp3) is 0.873. The number of unbranched alkanes of at least 4 members (excludes halogenated alkanes) is 33. The zero-order valence-corrected chi connectivity index (χ0v) is 43.9. The van der Waals surface area contributed by atoms with Crippen LogP contribution in [0.15, 0.2) is 36.5 Å². The molecule has 0 radical (unpaired) electrons. The molecule has 0 aromatic rings. The molecule has 0 rings (SSSR count). The van der Waals surface area contributed by atoms with E-state index in [1.165, 1.54) is 173 Å². The monoisotopic (exact) mass is 923 g/mol. The van der Waals surface area contributed by atoms with Crippen molar-refractivity contribution in [3.05, 3.63) is 36.5 Å². The number of nitrogens with one attached hydrogen (secondary N) is 1. The second kappa shape index (κ2) is 46.8. The molecule has 0 saturated heterocycles. The highest BCUT2D eigenvalue weighted by molar-refractivity contribution is 7.45. The lowest BCUT2D eigenvalue weighted by atomic mass is 10.0. The molecular formula is C55H107N2O6P. The van der Waals surface area contributed by atoms with E-state index in [4.69, 9.17) is 9.05 Å². The Kier molecular flexibility index (Phi) is 45.9. The van der Waals surface area contributed by atoms with Crippen LogP contribution in [0.4, 0.5) is 0 Å². The number of phosphoric acid groups is 1. The molecule has 0 spiro atoms. The van der Waals surface area contributed by atoms with Crippen LogP contribution in [-0.2, 0) is 18.4 Å². The summed E-state index contributed by atoms with van der Waals surface area (Å²) >= 11 is 0. The van der Waals surface area contributed by atoms with Crippen molar-refractivity contribution in [2.75, 3.05) is 40.9 Å². The molecule has 0 aliphatic carbocycles. The third-order valence-corrected chi connectivity index (χ3v) is 13.3. The molecule has 8 nitrogen and oxygen atoms in total. The molecule has 64 heavy (non-hydrogen) atoms. The van der Waals surface area contributed by atoms with Crippen molar-refractivity contribution in [1.29, 1.82) is 0 Å². The summed E-state index contributed by atoms with van der Waals surface area (Å²) in [6.45, 7) is 4.63. The van der Waals surface area contributed by atoms with E-state index in [1.54, 1.807) is 6.08 Å². The summed E-state index contributed by atoms with van der Waals surface area (Å²) < 4.78 is 23.3. The molecule has 0 heterocycles. The van der Waals surface area contributed by atoms with E-state index in [-0.39, 0.29) is 19.1 Å². The normalized spacial score (nSPS) is 14.3. The van der Waals surface area contributed by atoms with Crippen LogP contribution >= 0.6 is 7.82 Å². The maximum absolute atomic E-state index is 12.9. The number of aliphatic hydroxyl groups is 1. The van der Waals surface area contributed by atoms with Gasteiger partial charge in [-0.1, -0.05) is 237 Å². The summed E-state index contributed by atoms with van der Waals surface area (Å²) in [6.07, 6.45) is 59.3. The largest absolute Gasteiger partial charge is 0.756 e. The van der Waals surface area contributed by atoms with Gasteiger partial charge in [-0.05, 0) is 51.4 Å². The molecular weight excluding hydrogens is 816 g/mol. The van der Waals surface area contributed by atoms with Crippen LogP contribution in [-0.4, -0.2) is 68.5 Å². The molecule has 0 bridgehead atoms. The smallest absolute Gasteiger partial charge is 0.268 e. The Morgan fingerprint density at radius 2 is 0.906 bits per heavy atom. The van der Waals surface area contributed by atoms with E-state index in [2.05, 4.69) is 43.5 Å². The Hall–Kier alpha value is -1.28. The van der Waals surface area contributed by atoms with E-state index in [0.717, 1.165) is 64.2 Å². The zero-order chi connectivity index (χ0) is 47.1. The lowest BCUT2D eigenvalue weighted by Crippen LogP contribution is -2.45. The summed E-state index contributed by atoms with van der Waals surface area (Å²) in [5.74, 6) is -0.210. The maximum Gasteiger partial charge on any atom is 0.268 e. The first-order valence-electron chi connectivity index (χ1n) is 27.4. The van der Waals surface area contributed by atoms with Crippen molar-refractivity contribution in [2.24, 2.45) is 0 Å². The molecule has 0 fully saturated rings. The molecule has 9 heteroatoms. The maximum atomic E-state index is 12.9. The molecule has 0 aromatic carbocycles. The van der Waals surface area contributed by atoms with Crippen molar-refractivity contribution < 1.29 is 32.9 Å². The summed E-state index contributed by atoms with van der Waals surface area (Å²) in [4.78, 5) is 25.4. The molecule has 1 amide bonds. The molecule has 0 aliphatic rings. The van der Waals surface area contributed by atoms with Gasteiger partial charge < -0.3 is 28.8 Å². The number of likely N-dealkylation sites (N-methyl/N-ethyl adjacent to an activating group) is 1. The van der Waals surface area contributed by atoms with Crippen LogP contribution < -0.4 is 10.2 Å². The Bertz CT molecular complexity index is 1140. The summed E-state index contributed by atoms with van der Waals surface area (Å²) in [6, 6.07) is -0.893. The number of allylic oxidation sites excluding steroid dienone is 5. The van der Waals surface area contributed by atoms with Gasteiger partial charge in [0.1, 0.15) is 13.2 Å². The topological polar surface area (TPSA) is 108 Å². The van der Waals surface area contributed by atoms with E-state index in [1.807, 2.05) is 27.2 Å². The highest BCUT2D eigenvalue weighted by Crippen LogP contribution is 2.38. The first-order chi connectivity index (χ1) is 31.0. The van der Waals surface area contributed by atoms with Gasteiger partial charge in [0, 0.05) is 6.42 Å². The number of nitrogens with zero attached hydrogens (tertiary/aromatic N) is 1. The summed E-state index contributed by atoms with van der Waals surface area (Å²) in [5, 5.41) is 13.8. The van der Waals surface area contributed by atoms with Gasteiger partial charge in [-0.2, -0.15) is 0 Å². The van der Waals surface area contributed by atoms with Crippen molar-refractivity contribution in [3.8, 4) is 0 Å². The standard InChI is InChI=1S/C55H107N2O6P/c1-6-8-10-12-14-16-18-20-22-23-24-25-26-27-28-29-30-31-32-33-35-36-38-40-42-44-46-48-54(58)53(52-63-64(60,61)62-51-50-57(3,4)5)56-55(59)49-47-45-43-41-39-37-34-21-19-17-15-13-11-9-7-2/h15,17,21,34,46,48,53-54,58H,6-14,16,18-20,22-33,35-45,47,49-52H2,1-5H3,(H-,56,59,60,61)/b17-15-,34-21-,48-46+. The Morgan fingerprint density at radius 3 is 1.33 bits per heavy atom. The van der Waals surface area contributed by atoms with E-state index in [0.29, 0.717) is 17.4 Å². The number of rotatable bonds is 50. The molecule has 0 aromatic heterocycles. The van der Waals surface area contributed by atoms with Crippen LogP contribution in [0, 0.1) is 0 Å². The third-order valence-electron chi connectivity index (χ3n) is 12.3. The number of hydrogen-bond acceptors (Lipinski definition) is 6. The lowest BCUT2D eigenvalue weighted by molar-refractivity contribution is -0.870. The predicted molar refractivity (Wildman–Crippen MR) is 275 cm³/mol. The number of phosphoric ester groups is 1. The van der Waals surface area contributed by atoms with Gasteiger partial charge in [-0.3, -0.25) is 9.36 Å². The Morgan fingerprint density at radius 1 is 0.547 bits per heavy atom.